The van der Waals surface area contributed by atoms with Gasteiger partial charge in [-0.25, -0.2) is 4.79 Å². The second-order valence-corrected chi connectivity index (χ2v) is 5.45. The largest absolute Gasteiger partial charge is 0.396 e. The highest BCUT2D eigenvalue weighted by Crippen LogP contribution is 2.29. The molecule has 2 aliphatic rings. The van der Waals surface area contributed by atoms with Crippen LogP contribution in [0.4, 0.5) is 10.5 Å². The van der Waals surface area contributed by atoms with Crippen molar-refractivity contribution in [3.8, 4) is 0 Å². The van der Waals surface area contributed by atoms with E-state index in [4.69, 9.17) is 0 Å². The first kappa shape index (κ1) is 12.5. The minimum absolute atomic E-state index is 0.100. The molecule has 4 nitrogen and oxygen atoms in total. The average molecular weight is 260 g/mol. The van der Waals surface area contributed by atoms with Crippen LogP contribution in [0.5, 0.6) is 0 Å². The predicted octanol–water partition coefficient (Wildman–Crippen LogP) is 1.87. The number of carbonyl (C=O) groups excluding carboxylic acids is 1. The smallest absolute Gasteiger partial charge is 0.324 e. The van der Waals surface area contributed by atoms with Gasteiger partial charge in [0.1, 0.15) is 0 Å². The molecule has 1 N–H and O–H groups in total. The third kappa shape index (κ3) is 2.32. The van der Waals surface area contributed by atoms with Gasteiger partial charge < -0.3 is 10.0 Å². The lowest BCUT2D eigenvalue weighted by molar-refractivity contribution is 0.133. The van der Waals surface area contributed by atoms with Gasteiger partial charge in [0.05, 0.1) is 0 Å². The first-order valence-corrected chi connectivity index (χ1v) is 7.05. The number of fused-ring (bicyclic) bond motifs is 1. The maximum Gasteiger partial charge on any atom is 0.324 e. The lowest BCUT2D eigenvalue weighted by atomic mass is 9.99. The fourth-order valence-corrected chi connectivity index (χ4v) is 3.10. The molecule has 0 saturated carbocycles. The number of aliphatic hydroxyl groups is 1. The molecule has 0 unspecified atom stereocenters. The van der Waals surface area contributed by atoms with Crippen LogP contribution in [-0.4, -0.2) is 42.3 Å². The molecule has 1 fully saturated rings. The Hall–Kier alpha value is -1.55. The van der Waals surface area contributed by atoms with E-state index in [0.717, 1.165) is 38.0 Å². The van der Waals surface area contributed by atoms with Crippen LogP contribution in [-0.2, 0) is 6.42 Å². The number of nitrogens with zero attached hydrogens (tertiary/aromatic N) is 2. The van der Waals surface area contributed by atoms with Gasteiger partial charge in [-0.05, 0) is 36.8 Å². The van der Waals surface area contributed by atoms with Crippen LogP contribution in [0.2, 0.25) is 0 Å². The van der Waals surface area contributed by atoms with Crippen molar-refractivity contribution in [2.24, 2.45) is 5.92 Å². The van der Waals surface area contributed by atoms with E-state index < -0.39 is 0 Å². The number of likely N-dealkylation sites (tertiary alicyclic amines) is 1. The van der Waals surface area contributed by atoms with Crippen LogP contribution in [0.1, 0.15) is 18.4 Å². The minimum atomic E-state index is 0.100. The number of rotatable bonds is 1. The minimum Gasteiger partial charge on any atom is -0.396 e. The molecule has 0 aromatic heterocycles. The Morgan fingerprint density at radius 2 is 2.16 bits per heavy atom. The van der Waals surface area contributed by atoms with E-state index in [9.17, 15) is 9.90 Å². The summed E-state index contributed by atoms with van der Waals surface area (Å²) in [5.41, 5.74) is 2.31. The quantitative estimate of drug-likeness (QED) is 0.837. The van der Waals surface area contributed by atoms with Crippen LogP contribution >= 0.6 is 0 Å². The molecule has 2 aliphatic heterocycles. The molecule has 0 spiro atoms. The normalized spacial score (nSPS) is 22.5. The molecule has 1 atom stereocenters. The number of anilines is 1. The molecule has 2 heterocycles. The summed E-state index contributed by atoms with van der Waals surface area (Å²) in [5, 5.41) is 9.26. The summed E-state index contributed by atoms with van der Waals surface area (Å²) in [7, 11) is 0. The summed E-state index contributed by atoms with van der Waals surface area (Å²) in [6.07, 6.45) is 2.96. The summed E-state index contributed by atoms with van der Waals surface area (Å²) in [6, 6.07) is 8.22. The van der Waals surface area contributed by atoms with Gasteiger partial charge in [-0.2, -0.15) is 0 Å². The average Bonchev–Trinajstić information content (AvgIpc) is 2.90. The van der Waals surface area contributed by atoms with Crippen molar-refractivity contribution >= 4 is 11.7 Å². The number of urea groups is 1. The van der Waals surface area contributed by atoms with E-state index in [2.05, 4.69) is 6.07 Å². The maximum atomic E-state index is 12.6. The lowest BCUT2D eigenvalue weighted by Gasteiger charge is -2.34. The zero-order valence-electron chi connectivity index (χ0n) is 11.1. The number of piperidine rings is 1. The molecule has 1 aromatic rings. The SMILES string of the molecule is O=C(N1CCC[C@H](CO)C1)N1CCc2ccccc21. The van der Waals surface area contributed by atoms with Crippen molar-refractivity contribution < 1.29 is 9.90 Å². The van der Waals surface area contributed by atoms with E-state index in [-0.39, 0.29) is 18.6 Å². The molecular formula is C15H20N2O2. The van der Waals surface area contributed by atoms with Crippen LogP contribution < -0.4 is 4.90 Å². The number of aliphatic hydroxyl groups excluding tert-OH is 1. The Bertz CT molecular complexity index is 475. The third-order valence-corrected chi connectivity index (χ3v) is 4.17. The molecule has 0 bridgehead atoms. The van der Waals surface area contributed by atoms with Crippen molar-refractivity contribution in [1.29, 1.82) is 0 Å². The summed E-state index contributed by atoms with van der Waals surface area (Å²) < 4.78 is 0. The maximum absolute atomic E-state index is 12.6. The first-order chi connectivity index (χ1) is 9.29. The molecule has 0 aliphatic carbocycles. The van der Waals surface area contributed by atoms with Gasteiger partial charge in [0.25, 0.3) is 0 Å². The highest BCUT2D eigenvalue weighted by atomic mass is 16.3. The predicted molar refractivity (Wildman–Crippen MR) is 74.3 cm³/mol. The Balaban J connectivity index is 1.75. The molecular weight excluding hydrogens is 240 g/mol. The van der Waals surface area contributed by atoms with Gasteiger partial charge >= 0.3 is 6.03 Å². The van der Waals surface area contributed by atoms with E-state index in [1.165, 1.54) is 5.56 Å². The fraction of sp³-hybridized carbons (Fsp3) is 0.533. The van der Waals surface area contributed by atoms with E-state index in [1.807, 2.05) is 28.0 Å². The van der Waals surface area contributed by atoms with Crippen molar-refractivity contribution in [3.63, 3.8) is 0 Å². The molecule has 3 rings (SSSR count). The molecule has 1 aromatic carbocycles. The van der Waals surface area contributed by atoms with Gasteiger partial charge in [0.15, 0.2) is 0 Å². The van der Waals surface area contributed by atoms with Crippen molar-refractivity contribution in [1.82, 2.24) is 4.90 Å². The third-order valence-electron chi connectivity index (χ3n) is 4.17. The van der Waals surface area contributed by atoms with E-state index in [1.54, 1.807) is 0 Å². The van der Waals surface area contributed by atoms with Crippen LogP contribution in [0.3, 0.4) is 0 Å². The first-order valence-electron chi connectivity index (χ1n) is 7.05. The molecule has 0 radical (unpaired) electrons. The number of benzene rings is 1. The highest BCUT2D eigenvalue weighted by molar-refractivity contribution is 5.94. The van der Waals surface area contributed by atoms with Crippen LogP contribution in [0, 0.1) is 5.92 Å². The Labute approximate surface area is 113 Å². The summed E-state index contributed by atoms with van der Waals surface area (Å²) in [5.74, 6) is 0.246. The Morgan fingerprint density at radius 1 is 1.32 bits per heavy atom. The topological polar surface area (TPSA) is 43.8 Å². The second-order valence-electron chi connectivity index (χ2n) is 5.45. The zero-order chi connectivity index (χ0) is 13.2. The van der Waals surface area contributed by atoms with Gasteiger partial charge in [-0.1, -0.05) is 18.2 Å². The van der Waals surface area contributed by atoms with Crippen molar-refractivity contribution in [3.05, 3.63) is 29.8 Å². The van der Waals surface area contributed by atoms with Crippen molar-refractivity contribution in [2.45, 2.75) is 19.3 Å². The molecule has 19 heavy (non-hydrogen) atoms. The molecule has 1 saturated heterocycles. The summed E-state index contributed by atoms with van der Waals surface area (Å²) in [6.45, 7) is 2.46. The van der Waals surface area contributed by atoms with Gasteiger partial charge in [0, 0.05) is 31.9 Å². The fourth-order valence-electron chi connectivity index (χ4n) is 3.10. The molecule has 2 amide bonds. The molecule has 4 heteroatoms. The molecule has 102 valence electrons. The van der Waals surface area contributed by atoms with Crippen molar-refractivity contribution in [2.75, 3.05) is 31.1 Å². The second kappa shape index (κ2) is 5.21. The number of carbonyl (C=O) groups is 1. The monoisotopic (exact) mass is 260 g/mol. The van der Waals surface area contributed by atoms with Gasteiger partial charge in [-0.15, -0.1) is 0 Å². The van der Waals surface area contributed by atoms with Crippen LogP contribution in [0.25, 0.3) is 0 Å². The number of hydrogen-bond acceptors (Lipinski definition) is 2. The van der Waals surface area contributed by atoms with Crippen LogP contribution in [0.15, 0.2) is 24.3 Å². The highest BCUT2D eigenvalue weighted by Gasteiger charge is 2.30. The summed E-state index contributed by atoms with van der Waals surface area (Å²) in [4.78, 5) is 16.4. The number of para-hydroxylation sites is 1. The van der Waals surface area contributed by atoms with Gasteiger partial charge in [-0.3, -0.25) is 4.90 Å². The number of amides is 2. The summed E-state index contributed by atoms with van der Waals surface area (Å²) >= 11 is 0. The Kier molecular flexibility index (Phi) is 3.42. The standard InChI is InChI=1S/C15H20N2O2/c18-11-12-4-3-8-16(10-12)15(19)17-9-7-13-5-1-2-6-14(13)17/h1-2,5-6,12,18H,3-4,7-11H2/t12-/m0/s1. The number of hydrogen-bond donors (Lipinski definition) is 1. The lowest BCUT2D eigenvalue weighted by Crippen LogP contribution is -2.47. The van der Waals surface area contributed by atoms with Gasteiger partial charge in [0.2, 0.25) is 0 Å². The zero-order valence-corrected chi connectivity index (χ0v) is 11.1. The van der Waals surface area contributed by atoms with E-state index in [0.29, 0.717) is 6.54 Å². The Morgan fingerprint density at radius 3 is 3.00 bits per heavy atom. The van der Waals surface area contributed by atoms with E-state index >= 15 is 0 Å².